The topological polar surface area (TPSA) is 74.7 Å². The summed E-state index contributed by atoms with van der Waals surface area (Å²) in [5.74, 6) is -0.475. The lowest BCUT2D eigenvalue weighted by Crippen LogP contribution is -2.37. The van der Waals surface area contributed by atoms with E-state index in [0.717, 1.165) is 19.5 Å². The minimum Gasteiger partial charge on any atom is -0.478 e. The van der Waals surface area contributed by atoms with Gasteiger partial charge in [-0.1, -0.05) is 13.0 Å². The van der Waals surface area contributed by atoms with E-state index in [1.807, 2.05) is 0 Å². The molecule has 1 saturated heterocycles. The summed E-state index contributed by atoms with van der Waals surface area (Å²) < 4.78 is 24.6. The highest BCUT2D eigenvalue weighted by atomic mass is 32.2. The maximum absolute atomic E-state index is 12.3. The van der Waals surface area contributed by atoms with Gasteiger partial charge in [-0.15, -0.1) is 0 Å². The van der Waals surface area contributed by atoms with Crippen molar-refractivity contribution < 1.29 is 18.3 Å². The van der Waals surface area contributed by atoms with Crippen LogP contribution >= 0.6 is 0 Å². The second kappa shape index (κ2) is 6.58. The van der Waals surface area contributed by atoms with Gasteiger partial charge in [-0.25, -0.2) is 13.2 Å². The summed E-state index contributed by atoms with van der Waals surface area (Å²) in [7, 11) is -3.44. The Balaban J connectivity index is 2.04. The molecule has 1 fully saturated rings. The molecule has 21 heavy (non-hydrogen) atoms. The third kappa shape index (κ3) is 4.28. The average molecular weight is 311 g/mol. The van der Waals surface area contributed by atoms with Gasteiger partial charge in [0.05, 0.1) is 16.2 Å². The van der Waals surface area contributed by atoms with Crippen molar-refractivity contribution in [2.24, 2.45) is 5.92 Å². The van der Waals surface area contributed by atoms with Crippen LogP contribution in [0.5, 0.6) is 0 Å². The molecular formula is C15H21NO4S. The molecule has 1 aliphatic rings. The molecule has 0 amide bonds. The molecule has 1 aromatic rings. The van der Waals surface area contributed by atoms with Crippen molar-refractivity contribution in [2.75, 3.05) is 25.4 Å². The number of benzene rings is 1. The van der Waals surface area contributed by atoms with Gasteiger partial charge >= 0.3 is 5.97 Å². The van der Waals surface area contributed by atoms with Gasteiger partial charge in [0.25, 0.3) is 0 Å². The summed E-state index contributed by atoms with van der Waals surface area (Å²) in [6.07, 6.45) is 2.31. The molecule has 0 radical (unpaired) electrons. The van der Waals surface area contributed by atoms with Gasteiger partial charge in [-0.2, -0.15) is 0 Å². The minimum absolute atomic E-state index is 0.00247. The number of carboxylic acids is 1. The Morgan fingerprint density at radius 1 is 1.43 bits per heavy atom. The number of carboxylic acid groups (broad SMARTS) is 1. The molecule has 5 nitrogen and oxygen atoms in total. The molecule has 1 atom stereocenters. The number of rotatable bonds is 5. The number of hydrogen-bond acceptors (Lipinski definition) is 4. The SMILES string of the molecule is CC1CCCN(CCS(=O)(=O)c2cccc(C(=O)O)c2)C1. The van der Waals surface area contributed by atoms with Crippen molar-refractivity contribution in [3.8, 4) is 0 Å². The first-order chi connectivity index (χ1) is 9.88. The molecule has 6 heteroatoms. The normalized spacial score (nSPS) is 20.3. The van der Waals surface area contributed by atoms with Crippen molar-refractivity contribution >= 4 is 15.8 Å². The van der Waals surface area contributed by atoms with E-state index in [-0.39, 0.29) is 16.2 Å². The van der Waals surface area contributed by atoms with Crippen molar-refractivity contribution in [2.45, 2.75) is 24.7 Å². The minimum atomic E-state index is -3.44. The first kappa shape index (κ1) is 16.0. The third-order valence-electron chi connectivity index (χ3n) is 3.86. The monoisotopic (exact) mass is 311 g/mol. The quantitative estimate of drug-likeness (QED) is 0.899. The summed E-state index contributed by atoms with van der Waals surface area (Å²) in [6.45, 7) is 4.56. The van der Waals surface area contributed by atoms with Gasteiger partial charge in [0.2, 0.25) is 0 Å². The number of aromatic carboxylic acids is 1. The molecule has 0 spiro atoms. The van der Waals surface area contributed by atoms with Gasteiger partial charge in [0, 0.05) is 13.1 Å². The Labute approximate surface area is 125 Å². The molecule has 0 saturated carbocycles. The molecule has 2 rings (SSSR count). The van der Waals surface area contributed by atoms with Gasteiger partial charge in [-0.3, -0.25) is 0 Å². The van der Waals surface area contributed by atoms with E-state index < -0.39 is 15.8 Å². The van der Waals surface area contributed by atoms with Crippen LogP contribution in [0.4, 0.5) is 0 Å². The van der Waals surface area contributed by atoms with Gasteiger partial charge in [0.15, 0.2) is 9.84 Å². The van der Waals surface area contributed by atoms with Crippen LogP contribution in [0.15, 0.2) is 29.2 Å². The summed E-state index contributed by atoms with van der Waals surface area (Å²) in [6, 6.07) is 5.56. The van der Waals surface area contributed by atoms with Crippen molar-refractivity contribution in [3.63, 3.8) is 0 Å². The highest BCUT2D eigenvalue weighted by Gasteiger charge is 2.21. The Morgan fingerprint density at radius 2 is 2.19 bits per heavy atom. The van der Waals surface area contributed by atoms with E-state index >= 15 is 0 Å². The fourth-order valence-corrected chi connectivity index (χ4v) is 4.01. The number of hydrogen-bond donors (Lipinski definition) is 1. The van der Waals surface area contributed by atoms with E-state index in [4.69, 9.17) is 5.11 Å². The van der Waals surface area contributed by atoms with Gasteiger partial charge in [0.1, 0.15) is 0 Å². The van der Waals surface area contributed by atoms with Crippen LogP contribution in [-0.4, -0.2) is 49.8 Å². The predicted octanol–water partition coefficient (Wildman–Crippen LogP) is 1.89. The highest BCUT2D eigenvalue weighted by Crippen LogP contribution is 2.17. The molecule has 0 aromatic heterocycles. The summed E-state index contributed by atoms with van der Waals surface area (Å²) in [4.78, 5) is 13.2. The molecule has 1 unspecified atom stereocenters. The van der Waals surface area contributed by atoms with E-state index in [2.05, 4.69) is 11.8 Å². The molecule has 1 aliphatic heterocycles. The Bertz CT molecular complexity index is 612. The van der Waals surface area contributed by atoms with Gasteiger partial charge < -0.3 is 10.0 Å². The van der Waals surface area contributed by atoms with Crippen molar-refractivity contribution in [1.29, 1.82) is 0 Å². The van der Waals surface area contributed by atoms with Crippen LogP contribution in [0, 0.1) is 5.92 Å². The number of likely N-dealkylation sites (tertiary alicyclic amines) is 1. The van der Waals surface area contributed by atoms with Gasteiger partial charge in [-0.05, 0) is 43.5 Å². The lowest BCUT2D eigenvalue weighted by molar-refractivity contribution is 0.0696. The molecule has 116 valence electrons. The first-order valence-corrected chi connectivity index (χ1v) is 8.82. The summed E-state index contributed by atoms with van der Waals surface area (Å²) in [5.41, 5.74) is 0.00247. The fraction of sp³-hybridized carbons (Fsp3) is 0.533. The van der Waals surface area contributed by atoms with E-state index in [9.17, 15) is 13.2 Å². The smallest absolute Gasteiger partial charge is 0.335 e. The second-order valence-electron chi connectivity index (χ2n) is 5.70. The zero-order valence-electron chi connectivity index (χ0n) is 12.2. The molecule has 0 aliphatic carbocycles. The lowest BCUT2D eigenvalue weighted by Gasteiger charge is -2.30. The molecular weight excluding hydrogens is 290 g/mol. The number of nitrogens with zero attached hydrogens (tertiary/aromatic N) is 1. The molecule has 1 aromatic carbocycles. The van der Waals surface area contributed by atoms with Crippen LogP contribution < -0.4 is 0 Å². The summed E-state index contributed by atoms with van der Waals surface area (Å²) in [5, 5.41) is 8.93. The Kier molecular flexibility index (Phi) is 5.00. The summed E-state index contributed by atoms with van der Waals surface area (Å²) >= 11 is 0. The Morgan fingerprint density at radius 3 is 2.86 bits per heavy atom. The zero-order valence-corrected chi connectivity index (χ0v) is 13.0. The van der Waals surface area contributed by atoms with Crippen LogP contribution in [0.1, 0.15) is 30.1 Å². The standard InChI is InChI=1S/C15H21NO4S/c1-12-4-3-7-16(11-12)8-9-21(19,20)14-6-2-5-13(10-14)15(17)18/h2,5-6,10,12H,3-4,7-9,11H2,1H3,(H,17,18). The highest BCUT2D eigenvalue weighted by molar-refractivity contribution is 7.91. The number of sulfone groups is 1. The molecule has 0 bridgehead atoms. The van der Waals surface area contributed by atoms with Crippen LogP contribution in [-0.2, 0) is 9.84 Å². The van der Waals surface area contributed by atoms with E-state index in [1.54, 1.807) is 0 Å². The maximum Gasteiger partial charge on any atom is 0.335 e. The third-order valence-corrected chi connectivity index (χ3v) is 5.55. The maximum atomic E-state index is 12.3. The van der Waals surface area contributed by atoms with Crippen LogP contribution in [0.2, 0.25) is 0 Å². The van der Waals surface area contributed by atoms with Crippen molar-refractivity contribution in [1.82, 2.24) is 4.90 Å². The Hall–Kier alpha value is -1.40. The largest absolute Gasteiger partial charge is 0.478 e. The number of carbonyl (C=O) groups is 1. The van der Waals surface area contributed by atoms with E-state index in [1.165, 1.54) is 30.7 Å². The fourth-order valence-electron chi connectivity index (χ4n) is 2.68. The average Bonchev–Trinajstić information content (AvgIpc) is 2.45. The second-order valence-corrected chi connectivity index (χ2v) is 7.81. The van der Waals surface area contributed by atoms with Crippen LogP contribution in [0.25, 0.3) is 0 Å². The van der Waals surface area contributed by atoms with Crippen LogP contribution in [0.3, 0.4) is 0 Å². The zero-order chi connectivity index (χ0) is 15.5. The molecule has 1 N–H and O–H groups in total. The predicted molar refractivity (Wildman–Crippen MR) is 80.3 cm³/mol. The molecule has 1 heterocycles. The van der Waals surface area contributed by atoms with E-state index in [0.29, 0.717) is 12.5 Å². The van der Waals surface area contributed by atoms with Crippen molar-refractivity contribution in [3.05, 3.63) is 29.8 Å². The number of piperidine rings is 1. The lowest BCUT2D eigenvalue weighted by atomic mass is 10.0. The first-order valence-electron chi connectivity index (χ1n) is 7.17.